The maximum absolute atomic E-state index is 5.83. The lowest BCUT2D eigenvalue weighted by atomic mass is 9.98. The number of rotatable bonds is 2. The molecule has 1 aromatic heterocycles. The number of nitrogens with zero attached hydrogens (tertiary/aromatic N) is 1. The molecule has 0 aliphatic heterocycles. The Morgan fingerprint density at radius 2 is 2.25 bits per heavy atom. The Morgan fingerprint density at radius 1 is 1.58 bits per heavy atom. The van der Waals surface area contributed by atoms with E-state index in [1.165, 1.54) is 0 Å². The molecule has 12 heavy (non-hydrogen) atoms. The molecule has 1 aromatic rings. The Bertz CT molecular complexity index is 276. The summed E-state index contributed by atoms with van der Waals surface area (Å²) >= 11 is 5.83. The van der Waals surface area contributed by atoms with Crippen molar-refractivity contribution in [3.05, 3.63) is 17.3 Å². The van der Waals surface area contributed by atoms with Gasteiger partial charge >= 0.3 is 0 Å². The molecule has 0 fully saturated rings. The SMILES string of the molecule is Bc1cc(NC(C)C)ncc1Cl. The predicted molar refractivity (Wildman–Crippen MR) is 56.2 cm³/mol. The van der Waals surface area contributed by atoms with E-state index in [1.54, 1.807) is 6.20 Å². The maximum atomic E-state index is 5.83. The van der Waals surface area contributed by atoms with Crippen molar-refractivity contribution >= 4 is 30.7 Å². The van der Waals surface area contributed by atoms with E-state index in [4.69, 9.17) is 11.6 Å². The number of aromatic nitrogens is 1. The highest BCUT2D eigenvalue weighted by Crippen LogP contribution is 2.07. The van der Waals surface area contributed by atoms with Gasteiger partial charge in [-0.05, 0) is 19.9 Å². The van der Waals surface area contributed by atoms with E-state index in [-0.39, 0.29) is 0 Å². The van der Waals surface area contributed by atoms with Crippen LogP contribution in [0.5, 0.6) is 0 Å². The zero-order valence-electron chi connectivity index (χ0n) is 7.56. The molecule has 0 aliphatic carbocycles. The fourth-order valence-corrected chi connectivity index (χ4v) is 1.02. The lowest BCUT2D eigenvalue weighted by molar-refractivity contribution is 0.890. The van der Waals surface area contributed by atoms with Crippen LogP contribution < -0.4 is 10.8 Å². The number of pyridine rings is 1. The standard InChI is InChI=1S/C8H12BClN2/c1-5(2)12-8-3-6(9)7(10)4-11-8/h3-5H,9H2,1-2H3,(H,11,12). The van der Waals surface area contributed by atoms with Gasteiger partial charge in [0.25, 0.3) is 0 Å². The number of hydrogen-bond donors (Lipinski definition) is 1. The molecule has 64 valence electrons. The van der Waals surface area contributed by atoms with E-state index < -0.39 is 0 Å². The third-order valence-electron chi connectivity index (χ3n) is 1.48. The molecular formula is C8H12BClN2. The Balaban J connectivity index is 2.82. The van der Waals surface area contributed by atoms with Crippen molar-refractivity contribution in [1.82, 2.24) is 4.98 Å². The third-order valence-corrected chi connectivity index (χ3v) is 1.88. The van der Waals surface area contributed by atoms with Crippen LogP contribution >= 0.6 is 11.6 Å². The van der Waals surface area contributed by atoms with Crippen LogP contribution in [0.4, 0.5) is 5.82 Å². The molecule has 0 aromatic carbocycles. The number of nitrogens with one attached hydrogen (secondary N) is 1. The molecule has 0 amide bonds. The molecule has 0 aliphatic rings. The molecule has 1 rings (SSSR count). The van der Waals surface area contributed by atoms with E-state index in [9.17, 15) is 0 Å². The largest absolute Gasteiger partial charge is 0.368 e. The van der Waals surface area contributed by atoms with Gasteiger partial charge in [0.2, 0.25) is 0 Å². The van der Waals surface area contributed by atoms with Crippen LogP contribution in [0.2, 0.25) is 5.02 Å². The molecule has 4 heteroatoms. The van der Waals surface area contributed by atoms with E-state index >= 15 is 0 Å². The molecule has 0 radical (unpaired) electrons. The molecular weight excluding hydrogens is 170 g/mol. The molecule has 1 N–H and O–H groups in total. The average Bonchev–Trinajstić information content (AvgIpc) is 1.96. The first-order valence-corrected chi connectivity index (χ1v) is 4.36. The summed E-state index contributed by atoms with van der Waals surface area (Å²) in [5.74, 6) is 0.881. The van der Waals surface area contributed by atoms with Gasteiger partial charge in [0.05, 0.1) is 5.02 Å². The second-order valence-electron chi connectivity index (χ2n) is 3.12. The Morgan fingerprint density at radius 3 is 2.75 bits per heavy atom. The molecule has 0 atom stereocenters. The van der Waals surface area contributed by atoms with Crippen LogP contribution in [0.1, 0.15) is 13.8 Å². The van der Waals surface area contributed by atoms with Gasteiger partial charge in [0.1, 0.15) is 13.7 Å². The minimum Gasteiger partial charge on any atom is -0.368 e. The highest BCUT2D eigenvalue weighted by atomic mass is 35.5. The zero-order chi connectivity index (χ0) is 9.14. The predicted octanol–water partition coefficient (Wildman–Crippen LogP) is 0.814. The quantitative estimate of drug-likeness (QED) is 0.685. The van der Waals surface area contributed by atoms with Crippen LogP contribution in [-0.2, 0) is 0 Å². The van der Waals surface area contributed by atoms with E-state index in [1.807, 2.05) is 13.9 Å². The van der Waals surface area contributed by atoms with Crippen LogP contribution in [0.15, 0.2) is 12.3 Å². The highest BCUT2D eigenvalue weighted by molar-refractivity contribution is 6.45. The van der Waals surface area contributed by atoms with Crippen LogP contribution in [0, 0.1) is 0 Å². The summed E-state index contributed by atoms with van der Waals surface area (Å²) in [5.41, 5.74) is 1.05. The monoisotopic (exact) mass is 182 g/mol. The second kappa shape index (κ2) is 3.81. The van der Waals surface area contributed by atoms with Gasteiger partial charge in [-0.1, -0.05) is 17.1 Å². The van der Waals surface area contributed by atoms with E-state index in [0.29, 0.717) is 11.1 Å². The minimum absolute atomic E-state index is 0.401. The topological polar surface area (TPSA) is 24.9 Å². The van der Waals surface area contributed by atoms with Crippen molar-refractivity contribution in [2.24, 2.45) is 0 Å². The molecule has 1 heterocycles. The molecule has 0 saturated heterocycles. The van der Waals surface area contributed by atoms with Crippen molar-refractivity contribution in [3.8, 4) is 0 Å². The summed E-state index contributed by atoms with van der Waals surface area (Å²) in [7, 11) is 1.97. The van der Waals surface area contributed by atoms with Gasteiger partial charge in [-0.15, -0.1) is 0 Å². The van der Waals surface area contributed by atoms with Crippen molar-refractivity contribution < 1.29 is 0 Å². The Kier molecular flexibility index (Phi) is 2.98. The van der Waals surface area contributed by atoms with E-state index in [0.717, 1.165) is 11.3 Å². The lowest BCUT2D eigenvalue weighted by Gasteiger charge is -2.09. The zero-order valence-corrected chi connectivity index (χ0v) is 8.31. The fourth-order valence-electron chi connectivity index (χ4n) is 0.914. The summed E-state index contributed by atoms with van der Waals surface area (Å²) < 4.78 is 0. The summed E-state index contributed by atoms with van der Waals surface area (Å²) in [5, 5.41) is 3.92. The number of halogens is 1. The molecule has 0 spiro atoms. The fraction of sp³-hybridized carbons (Fsp3) is 0.375. The van der Waals surface area contributed by atoms with Gasteiger partial charge < -0.3 is 5.32 Å². The van der Waals surface area contributed by atoms with Crippen molar-refractivity contribution in [1.29, 1.82) is 0 Å². The summed E-state index contributed by atoms with van der Waals surface area (Å²) in [6.45, 7) is 4.15. The normalized spacial score (nSPS) is 10.3. The summed E-state index contributed by atoms with van der Waals surface area (Å²) in [6, 6.07) is 2.35. The van der Waals surface area contributed by atoms with Gasteiger partial charge in [-0.25, -0.2) is 4.98 Å². The number of hydrogen-bond acceptors (Lipinski definition) is 2. The maximum Gasteiger partial charge on any atom is 0.141 e. The average molecular weight is 182 g/mol. The summed E-state index contributed by atoms with van der Waals surface area (Å²) in [4.78, 5) is 4.14. The lowest BCUT2D eigenvalue weighted by Crippen LogP contribution is -2.14. The van der Waals surface area contributed by atoms with Gasteiger partial charge in [-0.3, -0.25) is 0 Å². The van der Waals surface area contributed by atoms with Crippen molar-refractivity contribution in [3.63, 3.8) is 0 Å². The Hall–Kier alpha value is -0.695. The van der Waals surface area contributed by atoms with Gasteiger partial charge in [0.15, 0.2) is 0 Å². The first-order chi connectivity index (χ1) is 5.59. The van der Waals surface area contributed by atoms with Crippen molar-refractivity contribution in [2.75, 3.05) is 5.32 Å². The highest BCUT2D eigenvalue weighted by Gasteiger charge is 1.99. The summed E-state index contributed by atoms with van der Waals surface area (Å²) in [6.07, 6.45) is 1.67. The van der Waals surface area contributed by atoms with Crippen LogP contribution in [-0.4, -0.2) is 18.9 Å². The van der Waals surface area contributed by atoms with Gasteiger partial charge in [-0.2, -0.15) is 0 Å². The first kappa shape index (κ1) is 9.39. The second-order valence-corrected chi connectivity index (χ2v) is 3.52. The number of anilines is 1. The van der Waals surface area contributed by atoms with Crippen molar-refractivity contribution in [2.45, 2.75) is 19.9 Å². The van der Waals surface area contributed by atoms with Crippen LogP contribution in [0.25, 0.3) is 0 Å². The van der Waals surface area contributed by atoms with E-state index in [2.05, 4.69) is 24.1 Å². The molecule has 2 nitrogen and oxygen atoms in total. The molecule has 0 unspecified atom stereocenters. The first-order valence-electron chi connectivity index (χ1n) is 3.98. The molecule has 0 saturated carbocycles. The smallest absolute Gasteiger partial charge is 0.141 e. The van der Waals surface area contributed by atoms with Crippen LogP contribution in [0.3, 0.4) is 0 Å². The molecule has 0 bridgehead atoms. The van der Waals surface area contributed by atoms with Gasteiger partial charge in [0, 0.05) is 12.2 Å². The Labute approximate surface area is 78.8 Å². The third kappa shape index (κ3) is 2.41. The minimum atomic E-state index is 0.401.